The van der Waals surface area contributed by atoms with Crippen LogP contribution in [0.1, 0.15) is 5.56 Å². The molecular weight excluding hydrogens is 433 g/mol. The van der Waals surface area contributed by atoms with E-state index in [1.165, 1.54) is 0 Å². The molecule has 126 valence electrons. The maximum atomic E-state index is 12.4. The molecule has 6 nitrogen and oxygen atoms in total. The molecule has 0 aliphatic carbocycles. The summed E-state index contributed by atoms with van der Waals surface area (Å²) in [5, 5.41) is 5.16. The van der Waals surface area contributed by atoms with Crippen LogP contribution >= 0.6 is 22.6 Å². The van der Waals surface area contributed by atoms with Crippen LogP contribution in [0.4, 0.5) is 10.5 Å². The van der Waals surface area contributed by atoms with Crippen LogP contribution in [0.2, 0.25) is 0 Å². The van der Waals surface area contributed by atoms with E-state index in [2.05, 4.69) is 33.2 Å². The number of nitrogens with zero attached hydrogens (tertiary/aromatic N) is 1. The van der Waals surface area contributed by atoms with Gasteiger partial charge in [-0.15, -0.1) is 0 Å². The lowest BCUT2D eigenvalue weighted by atomic mass is 10.2. The minimum atomic E-state index is -0.606. The van der Waals surface area contributed by atoms with Gasteiger partial charge in [-0.2, -0.15) is 0 Å². The van der Waals surface area contributed by atoms with Gasteiger partial charge in [-0.3, -0.25) is 9.59 Å². The molecular formula is C18H14IN3O3. The van der Waals surface area contributed by atoms with Crippen molar-refractivity contribution in [3.05, 3.63) is 69.4 Å². The highest BCUT2D eigenvalue weighted by Gasteiger charge is 2.34. The summed E-state index contributed by atoms with van der Waals surface area (Å²) in [6, 6.07) is 15.7. The zero-order chi connectivity index (χ0) is 17.8. The predicted molar refractivity (Wildman–Crippen MR) is 102 cm³/mol. The van der Waals surface area contributed by atoms with E-state index in [0.717, 1.165) is 14.0 Å². The minimum absolute atomic E-state index is 0.154. The fourth-order valence-electron chi connectivity index (χ4n) is 2.33. The topological polar surface area (TPSA) is 78.5 Å². The maximum absolute atomic E-state index is 12.4. The predicted octanol–water partition coefficient (Wildman–Crippen LogP) is 2.82. The monoisotopic (exact) mass is 447 g/mol. The Balaban J connectivity index is 1.71. The first-order valence-corrected chi connectivity index (χ1v) is 8.56. The Hall–Kier alpha value is -2.68. The van der Waals surface area contributed by atoms with Gasteiger partial charge in [0.2, 0.25) is 5.91 Å². The lowest BCUT2D eigenvalue weighted by Gasteiger charge is -2.11. The van der Waals surface area contributed by atoms with Gasteiger partial charge in [-0.25, -0.2) is 9.69 Å². The molecule has 1 fully saturated rings. The lowest BCUT2D eigenvalue weighted by Crippen LogP contribution is -2.38. The fourth-order valence-corrected chi connectivity index (χ4v) is 2.87. The molecule has 1 saturated heterocycles. The van der Waals surface area contributed by atoms with Gasteiger partial charge in [-0.1, -0.05) is 36.4 Å². The third kappa shape index (κ3) is 4.05. The van der Waals surface area contributed by atoms with Crippen molar-refractivity contribution >= 4 is 52.2 Å². The van der Waals surface area contributed by atoms with Crippen LogP contribution in [0.25, 0.3) is 6.08 Å². The molecule has 0 atom stereocenters. The molecule has 4 amide bonds. The van der Waals surface area contributed by atoms with E-state index in [1.54, 1.807) is 30.3 Å². The Kier molecular flexibility index (Phi) is 5.13. The van der Waals surface area contributed by atoms with Gasteiger partial charge in [0.15, 0.2) is 0 Å². The smallest absolute Gasteiger partial charge is 0.325 e. The van der Waals surface area contributed by atoms with E-state index < -0.39 is 17.8 Å². The molecule has 0 aromatic heterocycles. The average Bonchev–Trinajstić information content (AvgIpc) is 2.85. The number of amides is 4. The van der Waals surface area contributed by atoms with Crippen molar-refractivity contribution < 1.29 is 14.4 Å². The molecule has 0 unspecified atom stereocenters. The number of rotatable bonds is 4. The molecule has 1 heterocycles. The molecule has 2 aromatic rings. The summed E-state index contributed by atoms with van der Waals surface area (Å²) in [7, 11) is 0. The highest BCUT2D eigenvalue weighted by atomic mass is 127. The Morgan fingerprint density at radius 1 is 1.08 bits per heavy atom. The average molecular weight is 447 g/mol. The van der Waals surface area contributed by atoms with Crippen molar-refractivity contribution in [2.45, 2.75) is 0 Å². The van der Waals surface area contributed by atoms with Crippen LogP contribution in [0.15, 0.2) is 60.3 Å². The zero-order valence-electron chi connectivity index (χ0n) is 13.0. The summed E-state index contributed by atoms with van der Waals surface area (Å²) < 4.78 is 0.954. The summed E-state index contributed by atoms with van der Waals surface area (Å²) in [6.45, 7) is -0.344. The van der Waals surface area contributed by atoms with Crippen molar-refractivity contribution in [1.82, 2.24) is 10.2 Å². The molecule has 1 aliphatic rings. The third-order valence-electron chi connectivity index (χ3n) is 3.53. The van der Waals surface area contributed by atoms with Crippen molar-refractivity contribution in [3.63, 3.8) is 0 Å². The number of carbonyl (C=O) groups is 3. The molecule has 0 spiro atoms. The number of para-hydroxylation sites is 1. The highest BCUT2D eigenvalue weighted by Crippen LogP contribution is 2.18. The van der Waals surface area contributed by atoms with Crippen LogP contribution in [0.3, 0.4) is 0 Å². The van der Waals surface area contributed by atoms with Gasteiger partial charge in [0.05, 0.1) is 0 Å². The molecule has 0 bridgehead atoms. The first-order chi connectivity index (χ1) is 12.0. The van der Waals surface area contributed by atoms with E-state index in [1.807, 2.05) is 30.3 Å². The lowest BCUT2D eigenvalue weighted by molar-refractivity contribution is -0.127. The van der Waals surface area contributed by atoms with Crippen LogP contribution in [-0.4, -0.2) is 29.3 Å². The number of anilines is 1. The van der Waals surface area contributed by atoms with E-state index >= 15 is 0 Å². The highest BCUT2D eigenvalue weighted by molar-refractivity contribution is 14.1. The van der Waals surface area contributed by atoms with E-state index in [4.69, 9.17) is 0 Å². The molecule has 7 heteroatoms. The van der Waals surface area contributed by atoms with Crippen molar-refractivity contribution in [1.29, 1.82) is 0 Å². The number of halogens is 1. The molecule has 0 radical (unpaired) electrons. The first kappa shape index (κ1) is 17.2. The van der Waals surface area contributed by atoms with E-state index in [9.17, 15) is 14.4 Å². The standard InChI is InChI=1S/C18H14IN3O3/c19-14-9-5-4-6-12(14)10-15-17(24)22(18(25)21-15)11-16(23)20-13-7-2-1-3-8-13/h1-10H,11H2,(H,20,23)(H,21,25)/b15-10-. The van der Waals surface area contributed by atoms with Crippen LogP contribution in [-0.2, 0) is 9.59 Å². The van der Waals surface area contributed by atoms with Gasteiger partial charge in [0.25, 0.3) is 5.91 Å². The Morgan fingerprint density at radius 2 is 1.76 bits per heavy atom. The summed E-state index contributed by atoms with van der Waals surface area (Å²) in [5.74, 6) is -0.960. The third-order valence-corrected chi connectivity index (χ3v) is 4.51. The maximum Gasteiger partial charge on any atom is 0.329 e. The van der Waals surface area contributed by atoms with Crippen molar-refractivity contribution in [2.75, 3.05) is 11.9 Å². The number of imide groups is 1. The van der Waals surface area contributed by atoms with E-state index in [-0.39, 0.29) is 12.2 Å². The quantitative estimate of drug-likeness (QED) is 0.430. The Morgan fingerprint density at radius 3 is 2.48 bits per heavy atom. The first-order valence-electron chi connectivity index (χ1n) is 7.48. The molecule has 2 N–H and O–H groups in total. The number of hydrogen-bond acceptors (Lipinski definition) is 3. The zero-order valence-corrected chi connectivity index (χ0v) is 15.2. The molecule has 25 heavy (non-hydrogen) atoms. The van der Waals surface area contributed by atoms with Crippen molar-refractivity contribution in [3.8, 4) is 0 Å². The summed E-state index contributed by atoms with van der Waals surface area (Å²) >= 11 is 2.15. The summed E-state index contributed by atoms with van der Waals surface area (Å²) in [4.78, 5) is 37.4. The minimum Gasteiger partial charge on any atom is -0.325 e. The normalized spacial score (nSPS) is 15.4. The van der Waals surface area contributed by atoms with Gasteiger partial charge in [-0.05, 0) is 52.4 Å². The van der Waals surface area contributed by atoms with Crippen LogP contribution in [0, 0.1) is 3.57 Å². The van der Waals surface area contributed by atoms with Crippen molar-refractivity contribution in [2.24, 2.45) is 0 Å². The largest absolute Gasteiger partial charge is 0.329 e. The number of benzene rings is 2. The second kappa shape index (κ2) is 7.47. The second-order valence-corrected chi connectivity index (χ2v) is 6.48. The molecule has 1 aliphatic heterocycles. The number of urea groups is 1. The van der Waals surface area contributed by atoms with E-state index in [0.29, 0.717) is 5.69 Å². The summed E-state index contributed by atoms with van der Waals surface area (Å²) in [6.07, 6.45) is 1.61. The van der Waals surface area contributed by atoms with Crippen LogP contribution < -0.4 is 10.6 Å². The SMILES string of the molecule is O=C(CN1C(=O)N/C(=C\c2ccccc2I)C1=O)Nc1ccccc1. The molecule has 0 saturated carbocycles. The Bertz CT molecular complexity index is 865. The Labute approximate surface area is 158 Å². The second-order valence-electron chi connectivity index (χ2n) is 5.32. The van der Waals surface area contributed by atoms with Gasteiger partial charge < -0.3 is 10.6 Å². The molecule has 3 rings (SSSR count). The summed E-state index contributed by atoms with van der Waals surface area (Å²) in [5.41, 5.74) is 1.58. The number of hydrogen-bond donors (Lipinski definition) is 2. The number of nitrogens with one attached hydrogen (secondary N) is 2. The fraction of sp³-hybridized carbons (Fsp3) is 0.0556. The van der Waals surface area contributed by atoms with Gasteiger partial charge in [0.1, 0.15) is 12.2 Å². The van der Waals surface area contributed by atoms with Gasteiger partial charge >= 0.3 is 6.03 Å². The number of carbonyl (C=O) groups excluding carboxylic acids is 3. The molecule has 2 aromatic carbocycles. The van der Waals surface area contributed by atoms with Crippen LogP contribution in [0.5, 0.6) is 0 Å². The van der Waals surface area contributed by atoms with Gasteiger partial charge in [0, 0.05) is 9.26 Å².